The van der Waals surface area contributed by atoms with Crippen LogP contribution in [0.4, 0.5) is 5.82 Å². The third-order valence-corrected chi connectivity index (χ3v) is 5.10. The summed E-state index contributed by atoms with van der Waals surface area (Å²) in [4.78, 5) is 23.5. The summed E-state index contributed by atoms with van der Waals surface area (Å²) in [5, 5.41) is 16.5. The molecule has 0 saturated heterocycles. The van der Waals surface area contributed by atoms with Gasteiger partial charge in [0.1, 0.15) is 17.8 Å². The van der Waals surface area contributed by atoms with Crippen molar-refractivity contribution in [2.24, 2.45) is 0 Å². The normalized spacial score (nSPS) is 11.9. The van der Waals surface area contributed by atoms with Crippen molar-refractivity contribution in [3.05, 3.63) is 89.4 Å². The number of carbonyl (C=O) groups is 1. The number of hydrogen-bond donors (Lipinski definition) is 5. The van der Waals surface area contributed by atoms with Crippen LogP contribution in [0, 0.1) is 0 Å². The number of rotatable bonds is 8. The van der Waals surface area contributed by atoms with Gasteiger partial charge in [-0.3, -0.25) is 10.0 Å². The lowest BCUT2D eigenvalue weighted by Crippen LogP contribution is -2.18. The maximum atomic E-state index is 11.4. The van der Waals surface area contributed by atoms with Crippen molar-refractivity contribution in [2.45, 2.75) is 26.1 Å². The van der Waals surface area contributed by atoms with Crippen molar-refractivity contribution in [2.75, 3.05) is 5.32 Å². The monoisotopic (exact) mass is 416 g/mol. The van der Waals surface area contributed by atoms with Gasteiger partial charge in [0, 0.05) is 30.4 Å². The highest BCUT2D eigenvalue weighted by Gasteiger charge is 2.11. The zero-order valence-corrected chi connectivity index (χ0v) is 17.1. The van der Waals surface area contributed by atoms with Gasteiger partial charge in [-0.05, 0) is 36.2 Å². The molecule has 2 heterocycles. The van der Waals surface area contributed by atoms with Crippen LogP contribution in [0.15, 0.2) is 67.0 Å². The van der Waals surface area contributed by atoms with Gasteiger partial charge in [0.2, 0.25) is 0 Å². The second kappa shape index (κ2) is 9.38. The van der Waals surface area contributed by atoms with Gasteiger partial charge in [-0.25, -0.2) is 15.4 Å². The molecule has 0 saturated carbocycles. The van der Waals surface area contributed by atoms with Crippen LogP contribution in [0.2, 0.25) is 0 Å². The summed E-state index contributed by atoms with van der Waals surface area (Å²) in [6.45, 7) is 3.37. The molecule has 1 amide bonds. The van der Waals surface area contributed by atoms with Gasteiger partial charge in [0.15, 0.2) is 0 Å². The Kier molecular flexibility index (Phi) is 6.21. The number of carbonyl (C=O) groups excluding carboxylic acids is 1. The summed E-state index contributed by atoms with van der Waals surface area (Å²) in [5.41, 5.74) is 6.05. The quantitative estimate of drug-likeness (QED) is 0.222. The molecule has 8 nitrogen and oxygen atoms in total. The van der Waals surface area contributed by atoms with Crippen molar-refractivity contribution in [3.63, 3.8) is 0 Å². The second-order valence-corrected chi connectivity index (χ2v) is 7.30. The van der Waals surface area contributed by atoms with Crippen LogP contribution in [-0.2, 0) is 13.1 Å². The van der Waals surface area contributed by atoms with Gasteiger partial charge < -0.3 is 15.6 Å². The van der Waals surface area contributed by atoms with Crippen LogP contribution >= 0.6 is 0 Å². The van der Waals surface area contributed by atoms with Crippen LogP contribution in [0.3, 0.4) is 0 Å². The molecule has 158 valence electrons. The van der Waals surface area contributed by atoms with Crippen molar-refractivity contribution in [1.29, 1.82) is 0 Å². The van der Waals surface area contributed by atoms with Gasteiger partial charge in [0.25, 0.3) is 5.91 Å². The molecule has 0 bridgehead atoms. The van der Waals surface area contributed by atoms with E-state index in [0.29, 0.717) is 18.7 Å². The van der Waals surface area contributed by atoms with Crippen LogP contribution < -0.4 is 16.1 Å². The minimum absolute atomic E-state index is 0.117. The number of aromatic amines is 1. The first-order chi connectivity index (χ1) is 15.1. The molecule has 0 radical (unpaired) electrons. The van der Waals surface area contributed by atoms with Gasteiger partial charge in [-0.15, -0.1) is 0 Å². The van der Waals surface area contributed by atoms with Gasteiger partial charge in [-0.1, -0.05) is 42.5 Å². The minimum atomic E-state index is -0.523. The summed E-state index contributed by atoms with van der Waals surface area (Å²) in [6.07, 6.45) is 1.56. The number of fused-ring (bicyclic) bond motifs is 1. The topological polar surface area (TPSA) is 115 Å². The average Bonchev–Trinajstić information content (AvgIpc) is 3.23. The lowest BCUT2D eigenvalue weighted by atomic mass is 10.1. The van der Waals surface area contributed by atoms with Crippen molar-refractivity contribution in [3.8, 4) is 0 Å². The van der Waals surface area contributed by atoms with Crippen LogP contribution in [0.5, 0.6) is 0 Å². The fourth-order valence-corrected chi connectivity index (χ4v) is 3.41. The molecule has 31 heavy (non-hydrogen) atoms. The third kappa shape index (κ3) is 4.88. The van der Waals surface area contributed by atoms with Crippen molar-refractivity contribution >= 4 is 22.8 Å². The largest absolute Gasteiger partial charge is 0.363 e. The molecule has 8 heteroatoms. The van der Waals surface area contributed by atoms with Gasteiger partial charge >= 0.3 is 0 Å². The molecule has 1 atom stereocenters. The molecule has 0 fully saturated rings. The number of H-pyrrole nitrogens is 1. The molecular weight excluding hydrogens is 392 g/mol. The SMILES string of the molecule is C[C@@H](Nc1ncnc2[nH]c(CNCc3ccc(C(=O)NO)cc3)cc12)c1ccccc1. The van der Waals surface area contributed by atoms with Crippen LogP contribution in [0.1, 0.15) is 40.1 Å². The fraction of sp³-hybridized carbons (Fsp3) is 0.174. The number of nitrogens with zero attached hydrogens (tertiary/aromatic N) is 2. The van der Waals surface area contributed by atoms with E-state index in [4.69, 9.17) is 5.21 Å². The van der Waals surface area contributed by atoms with Gasteiger partial charge in [0.05, 0.1) is 5.39 Å². The van der Waals surface area contributed by atoms with Crippen LogP contribution in [-0.4, -0.2) is 26.1 Å². The van der Waals surface area contributed by atoms with Crippen LogP contribution in [0.25, 0.3) is 11.0 Å². The molecule has 2 aromatic carbocycles. The number of aromatic nitrogens is 3. The molecule has 0 unspecified atom stereocenters. The zero-order valence-electron chi connectivity index (χ0n) is 17.1. The summed E-state index contributed by atoms with van der Waals surface area (Å²) >= 11 is 0. The van der Waals surface area contributed by atoms with E-state index in [2.05, 4.69) is 50.7 Å². The van der Waals surface area contributed by atoms with Crippen molar-refractivity contribution < 1.29 is 10.0 Å². The number of hydroxylamine groups is 1. The first kappa shape index (κ1) is 20.5. The molecule has 0 aliphatic carbocycles. The highest BCUT2D eigenvalue weighted by Crippen LogP contribution is 2.24. The maximum Gasteiger partial charge on any atom is 0.274 e. The molecule has 5 N–H and O–H groups in total. The standard InChI is InChI=1S/C23H24N6O2/c1-15(17-5-3-2-4-6-17)27-21-20-11-19(28-22(20)26-14-25-21)13-24-12-16-7-9-18(10-8-16)23(30)29-31/h2-11,14-15,24,31H,12-13H2,1H3,(H,29,30)(H2,25,26,27,28)/t15-/m1/s1. The lowest BCUT2D eigenvalue weighted by molar-refractivity contribution is 0.0706. The predicted molar refractivity (Wildman–Crippen MR) is 119 cm³/mol. The number of anilines is 1. The first-order valence-electron chi connectivity index (χ1n) is 10.0. The molecule has 0 aliphatic rings. The molecular formula is C23H24N6O2. The lowest BCUT2D eigenvalue weighted by Gasteiger charge is -2.15. The van der Waals surface area contributed by atoms with Crippen molar-refractivity contribution in [1.82, 2.24) is 25.7 Å². The maximum absolute atomic E-state index is 11.4. The Morgan fingerprint density at radius 1 is 1.06 bits per heavy atom. The fourth-order valence-electron chi connectivity index (χ4n) is 3.41. The Morgan fingerprint density at radius 2 is 1.84 bits per heavy atom. The Balaban J connectivity index is 1.40. The van der Waals surface area contributed by atoms with E-state index >= 15 is 0 Å². The number of amides is 1. The first-order valence-corrected chi connectivity index (χ1v) is 10.0. The Labute approximate surface area is 179 Å². The molecule has 0 spiro atoms. The van der Waals surface area contributed by atoms with E-state index in [-0.39, 0.29) is 6.04 Å². The van der Waals surface area contributed by atoms with E-state index in [1.165, 1.54) is 5.56 Å². The summed E-state index contributed by atoms with van der Waals surface area (Å²) in [6, 6.07) is 19.4. The molecule has 0 aliphatic heterocycles. The van der Waals surface area contributed by atoms with E-state index < -0.39 is 5.91 Å². The highest BCUT2D eigenvalue weighted by molar-refractivity contribution is 5.93. The zero-order chi connectivity index (χ0) is 21.6. The number of nitrogens with one attached hydrogen (secondary N) is 4. The molecule has 4 rings (SSSR count). The third-order valence-electron chi connectivity index (χ3n) is 5.10. The smallest absolute Gasteiger partial charge is 0.274 e. The Bertz CT molecular complexity index is 1160. The Hall–Kier alpha value is -3.75. The molecule has 2 aromatic heterocycles. The van der Waals surface area contributed by atoms with E-state index in [0.717, 1.165) is 28.1 Å². The summed E-state index contributed by atoms with van der Waals surface area (Å²) in [5.74, 6) is 0.270. The second-order valence-electron chi connectivity index (χ2n) is 7.30. The van der Waals surface area contributed by atoms with E-state index in [1.807, 2.05) is 30.3 Å². The number of benzene rings is 2. The average molecular weight is 416 g/mol. The summed E-state index contributed by atoms with van der Waals surface area (Å²) < 4.78 is 0. The summed E-state index contributed by atoms with van der Waals surface area (Å²) in [7, 11) is 0. The molecule has 4 aromatic rings. The highest BCUT2D eigenvalue weighted by atomic mass is 16.5. The minimum Gasteiger partial charge on any atom is -0.363 e. The van der Waals surface area contributed by atoms with E-state index in [9.17, 15) is 4.79 Å². The van der Waals surface area contributed by atoms with Gasteiger partial charge in [-0.2, -0.15) is 0 Å². The predicted octanol–water partition coefficient (Wildman–Crippen LogP) is 3.54. The number of hydrogen-bond acceptors (Lipinski definition) is 6. The van der Waals surface area contributed by atoms with E-state index in [1.54, 1.807) is 23.9 Å². The Morgan fingerprint density at radius 3 is 2.58 bits per heavy atom.